The van der Waals surface area contributed by atoms with Gasteiger partial charge in [0, 0.05) is 44.4 Å². The molecule has 9 heteroatoms. The molecular formula is C21H23FN4O4. The smallest absolute Gasteiger partial charge is 0.276 e. The summed E-state index contributed by atoms with van der Waals surface area (Å²) in [5, 5.41) is 14.0. The third-order valence-corrected chi connectivity index (χ3v) is 5.12. The van der Waals surface area contributed by atoms with Gasteiger partial charge in [-0.3, -0.25) is 24.6 Å². The number of nitrogens with one attached hydrogen (secondary N) is 1. The molecule has 1 aliphatic rings. The lowest BCUT2D eigenvalue weighted by molar-refractivity contribution is -0.385. The minimum absolute atomic E-state index is 0.0427. The van der Waals surface area contributed by atoms with Gasteiger partial charge in [-0.1, -0.05) is 30.3 Å². The summed E-state index contributed by atoms with van der Waals surface area (Å²) >= 11 is 0. The second-order valence-corrected chi connectivity index (χ2v) is 7.19. The Morgan fingerprint density at radius 1 is 1.13 bits per heavy atom. The number of nitro groups is 1. The van der Waals surface area contributed by atoms with Crippen molar-refractivity contribution in [2.75, 3.05) is 32.7 Å². The van der Waals surface area contributed by atoms with Crippen molar-refractivity contribution in [1.29, 1.82) is 0 Å². The van der Waals surface area contributed by atoms with Gasteiger partial charge in [0.2, 0.25) is 5.91 Å². The Balaban J connectivity index is 1.52. The molecule has 158 valence electrons. The zero-order chi connectivity index (χ0) is 21.7. The topological polar surface area (TPSA) is 95.8 Å². The summed E-state index contributed by atoms with van der Waals surface area (Å²) in [6, 6.07) is 11.7. The minimum Gasteiger partial charge on any atom is -0.351 e. The number of carbonyl (C=O) groups excluding carboxylic acids is 2. The molecule has 2 aromatic carbocycles. The van der Waals surface area contributed by atoms with E-state index < -0.39 is 22.3 Å². The van der Waals surface area contributed by atoms with Gasteiger partial charge in [-0.25, -0.2) is 4.39 Å². The number of nitrogens with zero attached hydrogens (tertiary/aromatic N) is 3. The van der Waals surface area contributed by atoms with Crippen molar-refractivity contribution in [1.82, 2.24) is 15.1 Å². The number of carbonyl (C=O) groups is 2. The Morgan fingerprint density at radius 3 is 2.43 bits per heavy atom. The average Bonchev–Trinajstić information content (AvgIpc) is 2.74. The highest BCUT2D eigenvalue weighted by molar-refractivity contribution is 5.95. The van der Waals surface area contributed by atoms with Gasteiger partial charge in [0.25, 0.3) is 11.6 Å². The maximum absolute atomic E-state index is 14.0. The van der Waals surface area contributed by atoms with Gasteiger partial charge < -0.3 is 10.2 Å². The summed E-state index contributed by atoms with van der Waals surface area (Å²) in [5.41, 5.74) is 0.467. The van der Waals surface area contributed by atoms with Crippen LogP contribution in [0.25, 0.3) is 0 Å². The van der Waals surface area contributed by atoms with Gasteiger partial charge >= 0.3 is 0 Å². The summed E-state index contributed by atoms with van der Waals surface area (Å²) in [5.74, 6) is -1.33. The Bertz CT molecular complexity index is 944. The molecule has 1 fully saturated rings. The first-order valence-electron chi connectivity index (χ1n) is 9.62. The summed E-state index contributed by atoms with van der Waals surface area (Å²) in [7, 11) is 0. The van der Waals surface area contributed by atoms with Gasteiger partial charge in [0.1, 0.15) is 5.82 Å². The molecule has 8 nitrogen and oxygen atoms in total. The number of rotatable bonds is 6. The summed E-state index contributed by atoms with van der Waals surface area (Å²) in [6.07, 6.45) is 0. The van der Waals surface area contributed by atoms with E-state index >= 15 is 0 Å². The molecule has 0 aromatic heterocycles. The molecule has 0 spiro atoms. The van der Waals surface area contributed by atoms with Crippen LogP contribution in [0.1, 0.15) is 21.5 Å². The maximum atomic E-state index is 14.0. The number of piperazine rings is 1. The van der Waals surface area contributed by atoms with Crippen LogP contribution in [0, 0.1) is 22.9 Å². The highest BCUT2D eigenvalue weighted by Gasteiger charge is 2.26. The van der Waals surface area contributed by atoms with E-state index in [4.69, 9.17) is 0 Å². The van der Waals surface area contributed by atoms with Crippen molar-refractivity contribution in [3.63, 3.8) is 0 Å². The first-order valence-corrected chi connectivity index (χ1v) is 9.62. The summed E-state index contributed by atoms with van der Waals surface area (Å²) < 4.78 is 14.0. The SMILES string of the molecule is Cc1c(F)cc(C(=O)N2CCN(CC(=O)NCc3ccccc3)CC2)cc1[N+](=O)[O-]. The van der Waals surface area contributed by atoms with E-state index in [1.807, 2.05) is 35.2 Å². The number of nitro benzene ring substituents is 1. The van der Waals surface area contributed by atoms with Crippen LogP contribution in [0.2, 0.25) is 0 Å². The third-order valence-electron chi connectivity index (χ3n) is 5.12. The summed E-state index contributed by atoms with van der Waals surface area (Å²) in [4.78, 5) is 38.7. The third kappa shape index (κ3) is 5.18. The second kappa shape index (κ2) is 9.45. The molecule has 0 aliphatic carbocycles. The molecule has 2 aromatic rings. The van der Waals surface area contributed by atoms with Crippen LogP contribution in [0.5, 0.6) is 0 Å². The van der Waals surface area contributed by atoms with Crippen LogP contribution in [0.3, 0.4) is 0 Å². The normalized spacial score (nSPS) is 14.4. The first kappa shape index (κ1) is 21.4. The van der Waals surface area contributed by atoms with Gasteiger partial charge in [-0.05, 0) is 18.6 Å². The molecule has 0 radical (unpaired) electrons. The zero-order valence-corrected chi connectivity index (χ0v) is 16.6. The lowest BCUT2D eigenvalue weighted by Crippen LogP contribution is -2.51. The standard InChI is InChI=1S/C21H23FN4O4/c1-15-18(22)11-17(12-19(15)26(29)30)21(28)25-9-7-24(8-10-25)14-20(27)23-13-16-5-3-2-4-6-16/h2-6,11-12H,7-10,13-14H2,1H3,(H,23,27). The highest BCUT2D eigenvalue weighted by atomic mass is 19.1. The monoisotopic (exact) mass is 414 g/mol. The number of hydrogen-bond acceptors (Lipinski definition) is 5. The van der Waals surface area contributed by atoms with Crippen LogP contribution in [0.4, 0.5) is 10.1 Å². The predicted molar refractivity (Wildman–Crippen MR) is 108 cm³/mol. The van der Waals surface area contributed by atoms with Crippen LogP contribution < -0.4 is 5.32 Å². The number of halogens is 1. The summed E-state index contributed by atoms with van der Waals surface area (Å²) in [6.45, 7) is 3.67. The molecule has 3 rings (SSSR count). The predicted octanol–water partition coefficient (Wildman–Crippen LogP) is 2.12. The number of hydrogen-bond donors (Lipinski definition) is 1. The molecule has 0 unspecified atom stereocenters. The van der Waals surface area contributed by atoms with Gasteiger partial charge in [0.05, 0.1) is 17.0 Å². The Labute approximate surface area is 173 Å². The van der Waals surface area contributed by atoms with E-state index in [2.05, 4.69) is 5.32 Å². The van der Waals surface area contributed by atoms with Gasteiger partial charge in [-0.15, -0.1) is 0 Å². The Kier molecular flexibility index (Phi) is 6.73. The van der Waals surface area contributed by atoms with Crippen molar-refractivity contribution < 1.29 is 18.9 Å². The first-order chi connectivity index (χ1) is 14.3. The van der Waals surface area contributed by atoms with Crippen LogP contribution >= 0.6 is 0 Å². The number of benzene rings is 2. The van der Waals surface area contributed by atoms with E-state index in [1.165, 1.54) is 11.8 Å². The van der Waals surface area contributed by atoms with E-state index in [0.717, 1.165) is 17.7 Å². The lowest BCUT2D eigenvalue weighted by Gasteiger charge is -2.34. The molecule has 1 saturated heterocycles. The quantitative estimate of drug-likeness (QED) is 0.577. The highest BCUT2D eigenvalue weighted by Crippen LogP contribution is 2.24. The molecule has 0 atom stereocenters. The minimum atomic E-state index is -0.777. The molecule has 1 N–H and O–H groups in total. The molecule has 2 amide bonds. The molecule has 30 heavy (non-hydrogen) atoms. The van der Waals surface area contributed by atoms with E-state index in [1.54, 1.807) is 0 Å². The molecule has 1 aliphatic heterocycles. The lowest BCUT2D eigenvalue weighted by atomic mass is 10.1. The Morgan fingerprint density at radius 2 is 1.80 bits per heavy atom. The van der Waals surface area contributed by atoms with Crippen molar-refractivity contribution in [2.45, 2.75) is 13.5 Å². The zero-order valence-electron chi connectivity index (χ0n) is 16.6. The fourth-order valence-corrected chi connectivity index (χ4v) is 3.32. The van der Waals surface area contributed by atoms with Crippen molar-refractivity contribution >= 4 is 17.5 Å². The van der Waals surface area contributed by atoms with Crippen molar-refractivity contribution in [3.8, 4) is 0 Å². The Hall–Kier alpha value is -3.33. The van der Waals surface area contributed by atoms with Gasteiger partial charge in [0.15, 0.2) is 0 Å². The van der Waals surface area contributed by atoms with Crippen molar-refractivity contribution in [3.05, 3.63) is 75.1 Å². The van der Waals surface area contributed by atoms with Crippen LogP contribution in [0.15, 0.2) is 42.5 Å². The average molecular weight is 414 g/mol. The fourth-order valence-electron chi connectivity index (χ4n) is 3.32. The largest absolute Gasteiger partial charge is 0.351 e. The molecular weight excluding hydrogens is 391 g/mol. The molecule has 1 heterocycles. The molecule has 0 saturated carbocycles. The van der Waals surface area contributed by atoms with Gasteiger partial charge in [-0.2, -0.15) is 0 Å². The second-order valence-electron chi connectivity index (χ2n) is 7.19. The van der Waals surface area contributed by atoms with Crippen LogP contribution in [-0.2, 0) is 11.3 Å². The van der Waals surface area contributed by atoms with Crippen molar-refractivity contribution in [2.24, 2.45) is 0 Å². The maximum Gasteiger partial charge on any atom is 0.276 e. The fraction of sp³-hybridized carbons (Fsp3) is 0.333. The van der Waals surface area contributed by atoms with E-state index in [-0.39, 0.29) is 23.6 Å². The molecule has 0 bridgehead atoms. The van der Waals surface area contributed by atoms with E-state index in [0.29, 0.717) is 32.7 Å². The number of amides is 2. The van der Waals surface area contributed by atoms with Crippen LogP contribution in [-0.4, -0.2) is 59.3 Å². The van der Waals surface area contributed by atoms with E-state index in [9.17, 15) is 24.1 Å².